The predicted octanol–water partition coefficient (Wildman–Crippen LogP) is 1.47. The minimum absolute atomic E-state index is 0.0122. The molecule has 0 radical (unpaired) electrons. The molecule has 7 heteroatoms. The van der Waals surface area contributed by atoms with Gasteiger partial charge in [-0.15, -0.1) is 0 Å². The molecule has 1 aliphatic rings. The largest absolute Gasteiger partial charge is 0.390 e. The highest BCUT2D eigenvalue weighted by molar-refractivity contribution is 7.91. The van der Waals surface area contributed by atoms with E-state index in [2.05, 4.69) is 24.1 Å². The molecule has 3 atom stereocenters. The summed E-state index contributed by atoms with van der Waals surface area (Å²) in [5, 5.41) is 13.9. The van der Waals surface area contributed by atoms with Crippen LogP contribution in [-0.4, -0.2) is 61.7 Å². The molecular weight excluding hydrogens is 336 g/mol. The van der Waals surface area contributed by atoms with Gasteiger partial charge >= 0.3 is 0 Å². The van der Waals surface area contributed by atoms with Crippen molar-refractivity contribution in [2.45, 2.75) is 32.0 Å². The number of nitrogens with one attached hydrogen (secondary N) is 1. The van der Waals surface area contributed by atoms with E-state index in [1.807, 2.05) is 24.3 Å². The third-order valence-electron chi connectivity index (χ3n) is 4.41. The molecule has 0 aliphatic carbocycles. The van der Waals surface area contributed by atoms with Gasteiger partial charge in [0.2, 0.25) is 0 Å². The maximum Gasteiger partial charge on any atom is 0.154 e. The van der Waals surface area contributed by atoms with Gasteiger partial charge in [0.05, 0.1) is 17.6 Å². The lowest BCUT2D eigenvalue weighted by atomic mass is 10.0. The van der Waals surface area contributed by atoms with E-state index in [1.165, 1.54) is 0 Å². The summed E-state index contributed by atoms with van der Waals surface area (Å²) in [7, 11) is -3.15. The van der Waals surface area contributed by atoms with Crippen LogP contribution in [0.25, 0.3) is 0 Å². The van der Waals surface area contributed by atoms with Gasteiger partial charge in [0.25, 0.3) is 0 Å². The summed E-state index contributed by atoms with van der Waals surface area (Å²) >= 11 is 6.35. The molecule has 0 amide bonds. The Hall–Kier alpha value is -0.660. The molecule has 1 aromatic carbocycles. The van der Waals surface area contributed by atoms with E-state index in [0.29, 0.717) is 11.6 Å². The second-order valence-electron chi connectivity index (χ2n) is 5.92. The zero-order valence-electron chi connectivity index (χ0n) is 13.6. The number of sulfone groups is 1. The average Bonchev–Trinajstić information content (AvgIpc) is 2.77. The van der Waals surface area contributed by atoms with E-state index in [1.54, 1.807) is 0 Å². The van der Waals surface area contributed by atoms with E-state index in [9.17, 15) is 13.5 Å². The fourth-order valence-corrected chi connectivity index (χ4v) is 5.17. The van der Waals surface area contributed by atoms with E-state index in [-0.39, 0.29) is 17.5 Å². The van der Waals surface area contributed by atoms with Crippen LogP contribution in [0.1, 0.15) is 25.5 Å². The summed E-state index contributed by atoms with van der Waals surface area (Å²) < 4.78 is 23.3. The zero-order chi connectivity index (χ0) is 17.0. The lowest BCUT2D eigenvalue weighted by Gasteiger charge is -2.32. The Labute approximate surface area is 143 Å². The van der Waals surface area contributed by atoms with Crippen molar-refractivity contribution in [2.24, 2.45) is 0 Å². The van der Waals surface area contributed by atoms with Crippen LogP contribution >= 0.6 is 11.6 Å². The molecule has 2 N–H and O–H groups in total. The highest BCUT2D eigenvalue weighted by atomic mass is 35.5. The van der Waals surface area contributed by atoms with E-state index < -0.39 is 22.0 Å². The lowest BCUT2D eigenvalue weighted by molar-refractivity contribution is 0.151. The number of aliphatic hydroxyl groups is 1. The van der Waals surface area contributed by atoms with Gasteiger partial charge in [0.1, 0.15) is 0 Å². The second kappa shape index (κ2) is 7.94. The Bertz CT molecular complexity index is 620. The molecule has 1 saturated heterocycles. The van der Waals surface area contributed by atoms with Gasteiger partial charge in [0.15, 0.2) is 9.84 Å². The number of halogens is 1. The normalized spacial score (nSPS) is 24.9. The summed E-state index contributed by atoms with van der Waals surface area (Å²) in [6.07, 6.45) is -0.844. The molecule has 0 bridgehead atoms. The van der Waals surface area contributed by atoms with Crippen molar-refractivity contribution < 1.29 is 13.5 Å². The molecule has 0 aromatic heterocycles. The van der Waals surface area contributed by atoms with Crippen LogP contribution in [-0.2, 0) is 9.84 Å². The first-order valence-electron chi connectivity index (χ1n) is 7.98. The molecule has 1 aromatic rings. The maximum absolute atomic E-state index is 11.6. The van der Waals surface area contributed by atoms with Crippen molar-refractivity contribution in [2.75, 3.05) is 31.1 Å². The van der Waals surface area contributed by atoms with E-state index >= 15 is 0 Å². The van der Waals surface area contributed by atoms with Gasteiger partial charge in [-0.25, -0.2) is 8.42 Å². The minimum Gasteiger partial charge on any atom is -0.390 e. The van der Waals surface area contributed by atoms with Crippen LogP contribution in [0.15, 0.2) is 24.3 Å². The van der Waals surface area contributed by atoms with Gasteiger partial charge in [-0.2, -0.15) is 0 Å². The van der Waals surface area contributed by atoms with Gasteiger partial charge in [-0.3, -0.25) is 4.90 Å². The van der Waals surface area contributed by atoms with Gasteiger partial charge in [-0.1, -0.05) is 43.6 Å². The summed E-state index contributed by atoms with van der Waals surface area (Å²) in [6.45, 7) is 6.44. The van der Waals surface area contributed by atoms with Crippen molar-refractivity contribution in [3.05, 3.63) is 34.9 Å². The van der Waals surface area contributed by atoms with Crippen molar-refractivity contribution in [1.82, 2.24) is 10.2 Å². The van der Waals surface area contributed by atoms with Gasteiger partial charge in [0, 0.05) is 23.7 Å². The molecule has 0 spiro atoms. The minimum atomic E-state index is -3.15. The number of rotatable bonds is 7. The van der Waals surface area contributed by atoms with Crippen molar-refractivity contribution >= 4 is 21.4 Å². The standard InChI is InChI=1S/C16H25ClN2O3S/c1-3-19(4-2)15(12-7-5-6-8-13(12)17)9-18-14-10-23(21,22)11-16(14)20/h5-8,14-16,18,20H,3-4,9-11H2,1-2H3/t14-,15-,16+/m1/s1. The van der Waals surface area contributed by atoms with Gasteiger partial charge < -0.3 is 10.4 Å². The fourth-order valence-electron chi connectivity index (χ4n) is 3.13. The lowest BCUT2D eigenvalue weighted by Crippen LogP contribution is -2.44. The molecule has 1 fully saturated rings. The van der Waals surface area contributed by atoms with Crippen LogP contribution < -0.4 is 5.32 Å². The number of hydrogen-bond donors (Lipinski definition) is 2. The second-order valence-corrected chi connectivity index (χ2v) is 8.48. The number of hydrogen-bond acceptors (Lipinski definition) is 5. The Morgan fingerprint density at radius 3 is 2.48 bits per heavy atom. The highest BCUT2D eigenvalue weighted by Crippen LogP contribution is 2.27. The number of nitrogens with zero attached hydrogens (tertiary/aromatic N) is 1. The smallest absolute Gasteiger partial charge is 0.154 e. The molecular formula is C16H25ClN2O3S. The first-order chi connectivity index (χ1) is 10.9. The third kappa shape index (κ3) is 4.67. The molecule has 0 saturated carbocycles. The SMILES string of the molecule is CCN(CC)[C@H](CN[C@@H]1CS(=O)(=O)C[C@@H]1O)c1ccccc1Cl. The van der Waals surface area contributed by atoms with E-state index in [4.69, 9.17) is 11.6 Å². The summed E-state index contributed by atoms with van der Waals surface area (Å²) in [6, 6.07) is 7.32. The molecule has 1 heterocycles. The average molecular weight is 361 g/mol. The molecule has 1 aliphatic heterocycles. The van der Waals surface area contributed by atoms with Crippen molar-refractivity contribution in [3.8, 4) is 0 Å². The Kier molecular flexibility index (Phi) is 6.45. The third-order valence-corrected chi connectivity index (χ3v) is 6.47. The van der Waals surface area contributed by atoms with Crippen LogP contribution in [0.5, 0.6) is 0 Å². The quantitative estimate of drug-likeness (QED) is 0.770. The number of aliphatic hydroxyl groups excluding tert-OH is 1. The first kappa shape index (κ1) is 18.7. The Morgan fingerprint density at radius 2 is 1.96 bits per heavy atom. The monoisotopic (exact) mass is 360 g/mol. The van der Waals surface area contributed by atoms with Crippen LogP contribution in [0, 0.1) is 0 Å². The molecule has 5 nitrogen and oxygen atoms in total. The predicted molar refractivity (Wildman–Crippen MR) is 93.6 cm³/mol. The fraction of sp³-hybridized carbons (Fsp3) is 0.625. The highest BCUT2D eigenvalue weighted by Gasteiger charge is 2.36. The molecule has 2 rings (SSSR count). The topological polar surface area (TPSA) is 69.6 Å². The first-order valence-corrected chi connectivity index (χ1v) is 10.2. The molecule has 23 heavy (non-hydrogen) atoms. The Balaban J connectivity index is 2.14. The summed E-state index contributed by atoms with van der Waals surface area (Å²) in [5.74, 6) is -0.172. The molecule has 130 valence electrons. The molecule has 0 unspecified atom stereocenters. The zero-order valence-corrected chi connectivity index (χ0v) is 15.1. The van der Waals surface area contributed by atoms with Crippen LogP contribution in [0.4, 0.5) is 0 Å². The van der Waals surface area contributed by atoms with Crippen LogP contribution in [0.3, 0.4) is 0 Å². The van der Waals surface area contributed by atoms with E-state index in [0.717, 1.165) is 18.7 Å². The number of benzene rings is 1. The van der Waals surface area contributed by atoms with Gasteiger partial charge in [-0.05, 0) is 24.7 Å². The summed E-state index contributed by atoms with van der Waals surface area (Å²) in [5.41, 5.74) is 1.01. The summed E-state index contributed by atoms with van der Waals surface area (Å²) in [4.78, 5) is 2.27. The maximum atomic E-state index is 11.6. The number of likely N-dealkylation sites (N-methyl/N-ethyl adjacent to an activating group) is 1. The van der Waals surface area contributed by atoms with Crippen molar-refractivity contribution in [3.63, 3.8) is 0 Å². The van der Waals surface area contributed by atoms with Crippen LogP contribution in [0.2, 0.25) is 5.02 Å². The Morgan fingerprint density at radius 1 is 1.30 bits per heavy atom. The van der Waals surface area contributed by atoms with Crippen molar-refractivity contribution in [1.29, 1.82) is 0 Å².